The molecule has 0 aliphatic carbocycles. The van der Waals surface area contributed by atoms with Crippen molar-refractivity contribution < 1.29 is 24.8 Å². The Morgan fingerprint density at radius 1 is 0.774 bits per heavy atom. The number of ether oxygens (including phenoxy) is 2. The van der Waals surface area contributed by atoms with Gasteiger partial charge in [-0.3, -0.25) is 0 Å². The molecule has 0 unspecified atom stereocenters. The van der Waals surface area contributed by atoms with Crippen molar-refractivity contribution in [1.29, 1.82) is 0 Å². The quantitative estimate of drug-likeness (QED) is 0.176. The lowest BCUT2D eigenvalue weighted by Gasteiger charge is -2.37. The molecule has 1 fully saturated rings. The SMILES string of the molecule is CCCCC/C=C/CCCCCCCCCCCCCO[C@H]1[C@H](O)[C@@H](O)CO[C@@H]1CO. The van der Waals surface area contributed by atoms with E-state index in [1.165, 1.54) is 89.9 Å². The van der Waals surface area contributed by atoms with E-state index in [9.17, 15) is 15.3 Å². The Balaban J connectivity index is 1.82. The summed E-state index contributed by atoms with van der Waals surface area (Å²) in [5.41, 5.74) is 0. The van der Waals surface area contributed by atoms with Crippen LogP contribution in [0, 0.1) is 0 Å². The molecule has 0 amide bonds. The van der Waals surface area contributed by atoms with Crippen LogP contribution < -0.4 is 0 Å². The molecular weight excluding hydrogens is 392 g/mol. The number of rotatable bonds is 20. The van der Waals surface area contributed by atoms with E-state index in [4.69, 9.17) is 9.47 Å². The molecule has 4 atom stereocenters. The highest BCUT2D eigenvalue weighted by molar-refractivity contribution is 4.87. The van der Waals surface area contributed by atoms with Crippen molar-refractivity contribution in [2.24, 2.45) is 0 Å². The topological polar surface area (TPSA) is 79.2 Å². The Bertz CT molecular complexity index is 413. The summed E-state index contributed by atoms with van der Waals surface area (Å²) in [5.74, 6) is 0. The molecular formula is C26H50O5. The van der Waals surface area contributed by atoms with Crippen molar-refractivity contribution >= 4 is 0 Å². The maximum atomic E-state index is 10.0. The van der Waals surface area contributed by atoms with Gasteiger partial charge in [-0.25, -0.2) is 0 Å². The molecule has 31 heavy (non-hydrogen) atoms. The number of allylic oxidation sites excluding steroid dienone is 2. The Morgan fingerprint density at radius 2 is 1.29 bits per heavy atom. The second kappa shape index (κ2) is 20.2. The van der Waals surface area contributed by atoms with Crippen LogP contribution in [-0.4, -0.2) is 59.6 Å². The molecule has 1 aliphatic rings. The van der Waals surface area contributed by atoms with Gasteiger partial charge in [0.05, 0.1) is 13.2 Å². The van der Waals surface area contributed by atoms with Crippen LogP contribution in [0.2, 0.25) is 0 Å². The van der Waals surface area contributed by atoms with Crippen molar-refractivity contribution in [3.63, 3.8) is 0 Å². The van der Waals surface area contributed by atoms with E-state index >= 15 is 0 Å². The first kappa shape index (κ1) is 28.6. The summed E-state index contributed by atoms with van der Waals surface area (Å²) in [7, 11) is 0. The molecule has 5 heteroatoms. The van der Waals surface area contributed by atoms with Gasteiger partial charge in [-0.15, -0.1) is 0 Å². The number of aliphatic hydroxyl groups excluding tert-OH is 3. The van der Waals surface area contributed by atoms with E-state index in [0.29, 0.717) is 6.61 Å². The standard InChI is InChI=1S/C26H50O5/c1-2-3-4-5-6-7-8-9-10-11-12-13-14-15-16-17-18-19-20-30-26-24(21-27)31-22-23(28)25(26)29/h6-7,23-29H,2-5,8-22H2,1H3/b7-6+/t23-,24+,25+,26+/m0/s1. The van der Waals surface area contributed by atoms with Gasteiger partial charge in [0, 0.05) is 6.61 Å². The van der Waals surface area contributed by atoms with Gasteiger partial charge in [0.2, 0.25) is 0 Å². The van der Waals surface area contributed by atoms with E-state index < -0.39 is 24.4 Å². The zero-order valence-electron chi connectivity index (χ0n) is 20.1. The molecule has 5 nitrogen and oxygen atoms in total. The summed E-state index contributed by atoms with van der Waals surface area (Å²) in [5, 5.41) is 29.0. The van der Waals surface area contributed by atoms with Crippen LogP contribution >= 0.6 is 0 Å². The lowest BCUT2D eigenvalue weighted by Crippen LogP contribution is -2.55. The van der Waals surface area contributed by atoms with Crippen LogP contribution in [0.25, 0.3) is 0 Å². The normalized spacial score (nSPS) is 24.3. The molecule has 3 N–H and O–H groups in total. The summed E-state index contributed by atoms with van der Waals surface area (Å²) < 4.78 is 11.0. The molecule has 0 aromatic heterocycles. The van der Waals surface area contributed by atoms with Crippen molar-refractivity contribution in [3.8, 4) is 0 Å². The highest BCUT2D eigenvalue weighted by Gasteiger charge is 2.39. The van der Waals surface area contributed by atoms with Crippen molar-refractivity contribution in [1.82, 2.24) is 0 Å². The van der Waals surface area contributed by atoms with Crippen LogP contribution in [0.5, 0.6) is 0 Å². The van der Waals surface area contributed by atoms with Gasteiger partial charge in [-0.05, 0) is 32.1 Å². The van der Waals surface area contributed by atoms with E-state index in [1.807, 2.05) is 0 Å². The highest BCUT2D eigenvalue weighted by Crippen LogP contribution is 2.19. The lowest BCUT2D eigenvalue weighted by molar-refractivity contribution is -0.211. The Labute approximate surface area is 191 Å². The smallest absolute Gasteiger partial charge is 0.114 e. The zero-order valence-corrected chi connectivity index (χ0v) is 20.1. The third-order valence-corrected chi connectivity index (χ3v) is 6.22. The third kappa shape index (κ3) is 14.3. The number of aliphatic hydroxyl groups is 3. The fourth-order valence-corrected chi connectivity index (χ4v) is 4.14. The minimum Gasteiger partial charge on any atom is -0.394 e. The van der Waals surface area contributed by atoms with Gasteiger partial charge in [-0.2, -0.15) is 0 Å². The summed E-state index contributed by atoms with van der Waals surface area (Å²) >= 11 is 0. The van der Waals surface area contributed by atoms with Gasteiger partial charge in [0.1, 0.15) is 24.4 Å². The predicted molar refractivity (Wildman–Crippen MR) is 127 cm³/mol. The molecule has 0 aromatic rings. The van der Waals surface area contributed by atoms with Crippen LogP contribution in [-0.2, 0) is 9.47 Å². The second-order valence-corrected chi connectivity index (χ2v) is 9.09. The highest BCUT2D eigenvalue weighted by atomic mass is 16.6. The van der Waals surface area contributed by atoms with Crippen molar-refractivity contribution in [3.05, 3.63) is 12.2 Å². The predicted octanol–water partition coefficient (Wildman–Crippen LogP) is 5.30. The number of hydrogen-bond donors (Lipinski definition) is 3. The molecule has 0 saturated carbocycles. The van der Waals surface area contributed by atoms with E-state index in [2.05, 4.69) is 19.1 Å². The maximum Gasteiger partial charge on any atom is 0.114 e. The molecule has 0 bridgehead atoms. The third-order valence-electron chi connectivity index (χ3n) is 6.22. The fourth-order valence-electron chi connectivity index (χ4n) is 4.14. The van der Waals surface area contributed by atoms with Gasteiger partial charge in [-0.1, -0.05) is 89.7 Å². The van der Waals surface area contributed by atoms with Gasteiger partial charge >= 0.3 is 0 Å². The van der Waals surface area contributed by atoms with Crippen molar-refractivity contribution in [2.75, 3.05) is 19.8 Å². The van der Waals surface area contributed by atoms with Gasteiger partial charge < -0.3 is 24.8 Å². The maximum absolute atomic E-state index is 10.0. The van der Waals surface area contributed by atoms with Crippen LogP contribution in [0.15, 0.2) is 12.2 Å². The number of unbranched alkanes of at least 4 members (excludes halogenated alkanes) is 14. The largest absolute Gasteiger partial charge is 0.394 e. The van der Waals surface area contributed by atoms with E-state index in [1.54, 1.807) is 0 Å². The second-order valence-electron chi connectivity index (χ2n) is 9.09. The van der Waals surface area contributed by atoms with Crippen LogP contribution in [0.3, 0.4) is 0 Å². The molecule has 1 saturated heterocycles. The van der Waals surface area contributed by atoms with Crippen LogP contribution in [0.4, 0.5) is 0 Å². The Kier molecular flexibility index (Phi) is 18.6. The molecule has 1 aliphatic heterocycles. The first-order valence-electron chi connectivity index (χ1n) is 13.1. The average Bonchev–Trinajstić information content (AvgIpc) is 2.78. The van der Waals surface area contributed by atoms with E-state index in [-0.39, 0.29) is 13.2 Å². The fraction of sp³-hybridized carbons (Fsp3) is 0.923. The first-order valence-corrected chi connectivity index (χ1v) is 13.1. The average molecular weight is 443 g/mol. The zero-order chi connectivity index (χ0) is 22.6. The summed E-state index contributed by atoms with van der Waals surface area (Å²) in [6, 6.07) is 0. The molecule has 1 heterocycles. The summed E-state index contributed by atoms with van der Waals surface area (Å²) in [4.78, 5) is 0. The molecule has 0 radical (unpaired) electrons. The van der Waals surface area contributed by atoms with Crippen LogP contribution in [0.1, 0.15) is 110 Å². The lowest BCUT2D eigenvalue weighted by atomic mass is 10.0. The van der Waals surface area contributed by atoms with Crippen molar-refractivity contribution in [2.45, 2.75) is 134 Å². The van der Waals surface area contributed by atoms with Gasteiger partial charge in [0.25, 0.3) is 0 Å². The Hall–Kier alpha value is -0.460. The summed E-state index contributed by atoms with van der Waals surface area (Å²) in [6.07, 6.45) is 22.2. The van der Waals surface area contributed by atoms with E-state index in [0.717, 1.165) is 12.8 Å². The molecule has 1 rings (SSSR count). The minimum atomic E-state index is -0.988. The van der Waals surface area contributed by atoms with Gasteiger partial charge in [0.15, 0.2) is 0 Å². The molecule has 0 aromatic carbocycles. The molecule has 0 spiro atoms. The molecule has 184 valence electrons. The number of hydrogen-bond acceptors (Lipinski definition) is 5. The Morgan fingerprint density at radius 3 is 1.84 bits per heavy atom. The first-order chi connectivity index (χ1) is 15.2. The summed E-state index contributed by atoms with van der Waals surface area (Å²) in [6.45, 7) is 2.63. The minimum absolute atomic E-state index is 0.0444. The monoisotopic (exact) mass is 442 g/mol.